The highest BCUT2D eigenvalue weighted by atomic mass is 19.1. The van der Waals surface area contributed by atoms with Crippen LogP contribution >= 0.6 is 0 Å². The Balaban J connectivity index is 1.94. The van der Waals surface area contributed by atoms with Crippen molar-refractivity contribution >= 4 is 5.90 Å². The molecular formula is C23H32FN3O2. The van der Waals surface area contributed by atoms with Gasteiger partial charge in [-0.3, -0.25) is 0 Å². The highest BCUT2D eigenvalue weighted by molar-refractivity contribution is 5.90. The minimum Gasteiger partial charge on any atom is -0.436 e. The first kappa shape index (κ1) is 22.8. The molecule has 1 atom stereocenters. The van der Waals surface area contributed by atoms with E-state index in [-0.39, 0.29) is 17.8 Å². The molecule has 1 aliphatic rings. The predicted molar refractivity (Wildman–Crippen MR) is 116 cm³/mol. The van der Waals surface area contributed by atoms with E-state index >= 15 is 0 Å². The van der Waals surface area contributed by atoms with Crippen LogP contribution in [-0.2, 0) is 11.3 Å². The summed E-state index contributed by atoms with van der Waals surface area (Å²) in [5.41, 5.74) is 8.02. The first-order valence-electron chi connectivity index (χ1n) is 10.0. The van der Waals surface area contributed by atoms with Gasteiger partial charge in [0.05, 0.1) is 6.10 Å². The van der Waals surface area contributed by atoms with Gasteiger partial charge in [0.25, 0.3) is 0 Å². The summed E-state index contributed by atoms with van der Waals surface area (Å²) in [5, 5.41) is 3.29. The summed E-state index contributed by atoms with van der Waals surface area (Å²) in [6, 6.07) is 4.94. The fourth-order valence-corrected chi connectivity index (χ4v) is 2.86. The molecule has 0 spiro atoms. The molecule has 0 aromatic heterocycles. The molecule has 0 aliphatic carbocycles. The van der Waals surface area contributed by atoms with E-state index in [2.05, 4.69) is 23.8 Å². The van der Waals surface area contributed by atoms with Crippen LogP contribution < -0.4 is 15.8 Å². The molecule has 1 aliphatic heterocycles. The van der Waals surface area contributed by atoms with Crippen LogP contribution in [0.2, 0.25) is 0 Å². The average molecular weight is 402 g/mol. The maximum absolute atomic E-state index is 14.5. The molecule has 1 aromatic carbocycles. The summed E-state index contributed by atoms with van der Waals surface area (Å²) < 4.78 is 25.6. The molecule has 29 heavy (non-hydrogen) atoms. The number of aliphatic imine (C=N–C) groups is 1. The molecule has 3 N–H and O–H groups in total. The minimum absolute atomic E-state index is 0.137. The van der Waals surface area contributed by atoms with Crippen molar-refractivity contribution < 1.29 is 13.9 Å². The van der Waals surface area contributed by atoms with E-state index in [9.17, 15) is 4.39 Å². The molecule has 6 heteroatoms. The van der Waals surface area contributed by atoms with Gasteiger partial charge in [-0.1, -0.05) is 25.6 Å². The summed E-state index contributed by atoms with van der Waals surface area (Å²) in [6.45, 7) is 12.0. The van der Waals surface area contributed by atoms with Gasteiger partial charge in [0.1, 0.15) is 0 Å². The summed E-state index contributed by atoms with van der Waals surface area (Å²) in [5.74, 6) is 0.240. The topological polar surface area (TPSA) is 68.9 Å². The molecule has 1 unspecified atom stereocenters. The lowest BCUT2D eigenvalue weighted by atomic mass is 9.96. The van der Waals surface area contributed by atoms with Crippen molar-refractivity contribution in [1.82, 2.24) is 5.32 Å². The molecule has 0 bridgehead atoms. The number of allylic oxidation sites excluding steroid dienone is 2. The molecule has 0 fully saturated rings. The normalized spacial score (nSPS) is 21.5. The lowest BCUT2D eigenvalue weighted by Crippen LogP contribution is -2.17. The average Bonchev–Trinajstić information content (AvgIpc) is 2.64. The van der Waals surface area contributed by atoms with Gasteiger partial charge in [0.15, 0.2) is 11.6 Å². The Morgan fingerprint density at radius 2 is 2.21 bits per heavy atom. The number of halogens is 1. The third kappa shape index (κ3) is 7.83. The molecule has 0 saturated carbocycles. The van der Waals surface area contributed by atoms with Gasteiger partial charge in [-0.2, -0.15) is 0 Å². The van der Waals surface area contributed by atoms with E-state index in [0.29, 0.717) is 24.7 Å². The minimum atomic E-state index is -0.425. The fourth-order valence-electron chi connectivity index (χ4n) is 2.86. The van der Waals surface area contributed by atoms with Crippen LogP contribution in [0.25, 0.3) is 0 Å². The Morgan fingerprint density at radius 3 is 2.90 bits per heavy atom. The van der Waals surface area contributed by atoms with E-state index in [4.69, 9.17) is 15.2 Å². The SMILES string of the molecule is C=C(N)/C1=C/N=C(Oc2ccc(CNCCCOC(C)C)cc2F)/C=C/CC1C. The Kier molecular flexibility index (Phi) is 9.09. The lowest BCUT2D eigenvalue weighted by Gasteiger charge is -2.15. The van der Waals surface area contributed by atoms with Gasteiger partial charge < -0.3 is 20.5 Å². The Labute approximate surface area is 173 Å². The van der Waals surface area contributed by atoms with Gasteiger partial charge >= 0.3 is 0 Å². The van der Waals surface area contributed by atoms with E-state index < -0.39 is 5.82 Å². The standard InChI is InChI=1S/C23H32FN3O2/c1-16(2)28-12-6-11-26-14-19-9-10-22(21(24)13-19)29-23-8-5-7-17(3)20(15-27-23)18(4)25/h5,8-10,13,15-17,26H,4,6-7,11-12,14,25H2,1-3H3/b8-5+,20-15+,27-23-. The first-order chi connectivity index (χ1) is 13.9. The van der Waals surface area contributed by atoms with Crippen molar-refractivity contribution in [2.45, 2.75) is 46.3 Å². The number of nitrogens with one attached hydrogen (secondary N) is 1. The summed E-state index contributed by atoms with van der Waals surface area (Å²) in [4.78, 5) is 4.30. The second kappa shape index (κ2) is 11.5. The zero-order valence-electron chi connectivity index (χ0n) is 17.6. The molecule has 2 rings (SSSR count). The summed E-state index contributed by atoms with van der Waals surface area (Å²) in [6.07, 6.45) is 7.27. The maximum Gasteiger partial charge on any atom is 0.219 e. The Bertz CT molecular complexity index is 784. The molecular weight excluding hydrogens is 369 g/mol. The second-order valence-corrected chi connectivity index (χ2v) is 7.43. The van der Waals surface area contributed by atoms with Crippen molar-refractivity contribution in [3.8, 4) is 5.75 Å². The molecule has 158 valence electrons. The smallest absolute Gasteiger partial charge is 0.219 e. The second-order valence-electron chi connectivity index (χ2n) is 7.43. The highest BCUT2D eigenvalue weighted by Gasteiger charge is 2.13. The van der Waals surface area contributed by atoms with Crippen LogP contribution in [-0.4, -0.2) is 25.2 Å². The largest absolute Gasteiger partial charge is 0.436 e. The zero-order chi connectivity index (χ0) is 21.2. The van der Waals surface area contributed by atoms with Crippen molar-refractivity contribution in [2.24, 2.45) is 16.6 Å². The summed E-state index contributed by atoms with van der Waals surface area (Å²) >= 11 is 0. The predicted octanol–water partition coefficient (Wildman–Crippen LogP) is 4.46. The Morgan fingerprint density at radius 1 is 1.41 bits per heavy atom. The van der Waals surface area contributed by atoms with Crippen LogP contribution in [0.5, 0.6) is 5.75 Å². The monoisotopic (exact) mass is 401 g/mol. The zero-order valence-corrected chi connectivity index (χ0v) is 17.6. The summed E-state index contributed by atoms with van der Waals surface area (Å²) in [7, 11) is 0. The van der Waals surface area contributed by atoms with E-state index in [1.165, 1.54) is 6.07 Å². The number of rotatable bonds is 9. The fraction of sp³-hybridized carbons (Fsp3) is 0.435. The highest BCUT2D eigenvalue weighted by Crippen LogP contribution is 2.23. The number of nitrogens with two attached hydrogens (primary N) is 1. The Hall–Kier alpha value is -2.44. The molecule has 1 heterocycles. The van der Waals surface area contributed by atoms with Crippen LogP contribution in [0.1, 0.15) is 39.2 Å². The van der Waals surface area contributed by atoms with Crippen molar-refractivity contribution in [3.05, 3.63) is 65.8 Å². The van der Waals surface area contributed by atoms with E-state index in [1.54, 1.807) is 18.3 Å². The third-order valence-corrected chi connectivity index (χ3v) is 4.47. The maximum atomic E-state index is 14.5. The van der Waals surface area contributed by atoms with E-state index in [0.717, 1.165) is 30.5 Å². The quantitative estimate of drug-likeness (QED) is 0.600. The molecule has 0 saturated heterocycles. The van der Waals surface area contributed by atoms with Gasteiger partial charge in [-0.05, 0) is 68.5 Å². The molecule has 0 radical (unpaired) electrons. The number of nitrogens with zero attached hydrogens (tertiary/aromatic N) is 1. The van der Waals surface area contributed by atoms with Crippen LogP contribution in [0, 0.1) is 11.7 Å². The number of hydrogen-bond donors (Lipinski definition) is 2. The van der Waals surface area contributed by atoms with Crippen LogP contribution in [0.3, 0.4) is 0 Å². The van der Waals surface area contributed by atoms with Crippen molar-refractivity contribution in [1.29, 1.82) is 0 Å². The number of benzene rings is 1. The van der Waals surface area contributed by atoms with Gasteiger partial charge in [-0.15, -0.1) is 0 Å². The molecule has 0 amide bonds. The number of hydrogen-bond acceptors (Lipinski definition) is 5. The van der Waals surface area contributed by atoms with Gasteiger partial charge in [-0.25, -0.2) is 9.38 Å². The van der Waals surface area contributed by atoms with Gasteiger partial charge in [0, 0.05) is 25.0 Å². The third-order valence-electron chi connectivity index (χ3n) is 4.47. The van der Waals surface area contributed by atoms with Gasteiger partial charge in [0.2, 0.25) is 5.90 Å². The van der Waals surface area contributed by atoms with Crippen molar-refractivity contribution in [2.75, 3.05) is 13.2 Å². The molecule has 5 nitrogen and oxygen atoms in total. The molecule has 1 aromatic rings. The first-order valence-corrected chi connectivity index (χ1v) is 10.0. The van der Waals surface area contributed by atoms with Crippen LogP contribution in [0.4, 0.5) is 4.39 Å². The van der Waals surface area contributed by atoms with Crippen molar-refractivity contribution in [3.63, 3.8) is 0 Å². The number of ether oxygens (including phenoxy) is 2. The lowest BCUT2D eigenvalue weighted by molar-refractivity contribution is 0.0770. The van der Waals surface area contributed by atoms with Crippen LogP contribution in [0.15, 0.2) is 59.4 Å². The van der Waals surface area contributed by atoms with E-state index in [1.807, 2.05) is 26.0 Å².